The zero-order chi connectivity index (χ0) is 9.10. The number of halogens is 1. The van der Waals surface area contributed by atoms with E-state index in [1.807, 2.05) is 0 Å². The molecule has 0 aromatic heterocycles. The van der Waals surface area contributed by atoms with Gasteiger partial charge in [-0.25, -0.2) is 4.39 Å². The van der Waals surface area contributed by atoms with E-state index in [0.717, 1.165) is 5.56 Å². The maximum Gasteiger partial charge on any atom is 0.173 e. The molecule has 0 bridgehead atoms. The van der Waals surface area contributed by atoms with Crippen molar-refractivity contribution in [2.45, 2.75) is 0 Å². The van der Waals surface area contributed by atoms with E-state index >= 15 is 0 Å². The lowest BCUT2D eigenvalue weighted by Crippen LogP contribution is -2.27. The summed E-state index contributed by atoms with van der Waals surface area (Å²) in [6, 6.07) is 6.00. The van der Waals surface area contributed by atoms with Crippen LogP contribution in [-0.4, -0.2) is 12.2 Å². The van der Waals surface area contributed by atoms with Crippen LogP contribution in [0.15, 0.2) is 34.5 Å². The van der Waals surface area contributed by atoms with Gasteiger partial charge in [-0.05, 0) is 24.3 Å². The molecule has 4 nitrogen and oxygen atoms in total. The molecule has 1 aliphatic heterocycles. The van der Waals surface area contributed by atoms with E-state index in [-0.39, 0.29) is 5.82 Å². The monoisotopic (exact) mass is 178 g/mol. The second-order valence-electron chi connectivity index (χ2n) is 2.47. The first kappa shape index (κ1) is 7.72. The zero-order valence-corrected chi connectivity index (χ0v) is 6.66. The molecular formula is C8H7FN4. The van der Waals surface area contributed by atoms with Crippen molar-refractivity contribution in [3.8, 4) is 0 Å². The first-order chi connectivity index (χ1) is 6.36. The Morgan fingerprint density at radius 1 is 1.15 bits per heavy atom. The van der Waals surface area contributed by atoms with Crippen LogP contribution in [0.4, 0.5) is 4.39 Å². The van der Waals surface area contributed by atoms with E-state index in [0.29, 0.717) is 5.84 Å². The number of hydrazone groups is 2. The largest absolute Gasteiger partial charge is 0.264 e. The highest BCUT2D eigenvalue weighted by Gasteiger charge is 2.03. The number of nitrogens with one attached hydrogen (secondary N) is 2. The third-order valence-electron chi connectivity index (χ3n) is 1.59. The lowest BCUT2D eigenvalue weighted by atomic mass is 10.2. The maximum absolute atomic E-state index is 12.5. The van der Waals surface area contributed by atoms with Crippen molar-refractivity contribution in [3.05, 3.63) is 35.6 Å². The van der Waals surface area contributed by atoms with Crippen molar-refractivity contribution >= 4 is 12.2 Å². The molecule has 0 amide bonds. The minimum absolute atomic E-state index is 0.267. The molecule has 0 saturated heterocycles. The van der Waals surface area contributed by atoms with Gasteiger partial charge < -0.3 is 0 Å². The van der Waals surface area contributed by atoms with Crippen LogP contribution in [0.2, 0.25) is 0 Å². The van der Waals surface area contributed by atoms with E-state index in [2.05, 4.69) is 21.1 Å². The standard InChI is InChI=1S/C8H7FN4/c9-7-3-1-6(2-4-7)8-12-10-5-11-13-8/h1-5H,(H,10,11)(H,12,13). The van der Waals surface area contributed by atoms with Gasteiger partial charge >= 0.3 is 0 Å². The summed E-state index contributed by atoms with van der Waals surface area (Å²) in [5, 5.41) is 7.66. The molecule has 2 N–H and O–H groups in total. The SMILES string of the molecule is Fc1ccc(C2=NNC=NN2)cc1. The van der Waals surface area contributed by atoms with Crippen molar-refractivity contribution in [2.75, 3.05) is 0 Å². The van der Waals surface area contributed by atoms with Gasteiger partial charge in [-0.15, -0.1) is 0 Å². The van der Waals surface area contributed by atoms with Crippen LogP contribution in [-0.2, 0) is 0 Å². The number of rotatable bonds is 1. The average molecular weight is 178 g/mol. The predicted molar refractivity (Wildman–Crippen MR) is 47.7 cm³/mol. The first-order valence-corrected chi connectivity index (χ1v) is 3.73. The normalized spacial score (nSPS) is 14.4. The number of hydrogen-bond donors (Lipinski definition) is 2. The molecule has 1 aliphatic rings. The molecule has 0 saturated carbocycles. The molecule has 2 rings (SSSR count). The fraction of sp³-hybridized carbons (Fsp3) is 0. The summed E-state index contributed by atoms with van der Waals surface area (Å²) in [6.07, 6.45) is 1.42. The van der Waals surface area contributed by atoms with Gasteiger partial charge in [0.1, 0.15) is 12.2 Å². The van der Waals surface area contributed by atoms with Crippen LogP contribution in [0.5, 0.6) is 0 Å². The molecule has 1 aromatic rings. The van der Waals surface area contributed by atoms with Crippen molar-refractivity contribution in [1.82, 2.24) is 10.9 Å². The summed E-state index contributed by atoms with van der Waals surface area (Å²) in [4.78, 5) is 0. The molecule has 0 unspecified atom stereocenters. The molecule has 0 aliphatic carbocycles. The molecule has 0 fully saturated rings. The van der Waals surface area contributed by atoms with E-state index in [4.69, 9.17) is 0 Å². The Morgan fingerprint density at radius 3 is 2.54 bits per heavy atom. The lowest BCUT2D eigenvalue weighted by Gasteiger charge is -2.08. The number of nitrogens with zero attached hydrogens (tertiary/aromatic N) is 2. The van der Waals surface area contributed by atoms with Crippen molar-refractivity contribution in [3.63, 3.8) is 0 Å². The van der Waals surface area contributed by atoms with Crippen molar-refractivity contribution in [1.29, 1.82) is 0 Å². The predicted octanol–water partition coefficient (Wildman–Crippen LogP) is 0.623. The van der Waals surface area contributed by atoms with E-state index in [1.165, 1.54) is 18.5 Å². The van der Waals surface area contributed by atoms with Gasteiger partial charge in [0.2, 0.25) is 0 Å². The highest BCUT2D eigenvalue weighted by atomic mass is 19.1. The van der Waals surface area contributed by atoms with Gasteiger partial charge in [-0.2, -0.15) is 10.2 Å². The summed E-state index contributed by atoms with van der Waals surface area (Å²) in [5.74, 6) is 0.305. The Hall–Kier alpha value is -1.91. The van der Waals surface area contributed by atoms with Crippen LogP contribution in [0.3, 0.4) is 0 Å². The maximum atomic E-state index is 12.5. The zero-order valence-electron chi connectivity index (χ0n) is 6.66. The van der Waals surface area contributed by atoms with Gasteiger partial charge in [-0.1, -0.05) is 0 Å². The Morgan fingerprint density at radius 2 is 1.92 bits per heavy atom. The Labute approximate surface area is 74.2 Å². The van der Waals surface area contributed by atoms with Crippen molar-refractivity contribution in [2.24, 2.45) is 10.2 Å². The average Bonchev–Trinajstić information content (AvgIpc) is 2.20. The van der Waals surface area contributed by atoms with Crippen LogP contribution in [0.1, 0.15) is 5.56 Å². The molecule has 0 radical (unpaired) electrons. The summed E-state index contributed by atoms with van der Waals surface area (Å²) >= 11 is 0. The summed E-state index contributed by atoms with van der Waals surface area (Å²) in [6.45, 7) is 0. The summed E-state index contributed by atoms with van der Waals surface area (Å²) in [7, 11) is 0. The smallest absolute Gasteiger partial charge is 0.173 e. The quantitative estimate of drug-likeness (QED) is 0.662. The van der Waals surface area contributed by atoms with Crippen LogP contribution < -0.4 is 10.9 Å². The van der Waals surface area contributed by atoms with E-state index in [9.17, 15) is 4.39 Å². The van der Waals surface area contributed by atoms with E-state index in [1.54, 1.807) is 12.1 Å². The van der Waals surface area contributed by atoms with E-state index < -0.39 is 0 Å². The van der Waals surface area contributed by atoms with Crippen LogP contribution >= 0.6 is 0 Å². The highest BCUT2D eigenvalue weighted by Crippen LogP contribution is 2.03. The third-order valence-corrected chi connectivity index (χ3v) is 1.59. The van der Waals surface area contributed by atoms with Crippen LogP contribution in [0, 0.1) is 5.82 Å². The fourth-order valence-corrected chi connectivity index (χ4v) is 0.978. The molecule has 1 heterocycles. The van der Waals surface area contributed by atoms with Gasteiger partial charge in [0.05, 0.1) is 0 Å². The molecule has 66 valence electrons. The molecule has 5 heteroatoms. The van der Waals surface area contributed by atoms with Crippen LogP contribution in [0.25, 0.3) is 0 Å². The second-order valence-corrected chi connectivity index (χ2v) is 2.47. The summed E-state index contributed by atoms with van der Waals surface area (Å²) < 4.78 is 12.5. The minimum Gasteiger partial charge on any atom is -0.264 e. The van der Waals surface area contributed by atoms with Gasteiger partial charge in [0.25, 0.3) is 0 Å². The lowest BCUT2D eigenvalue weighted by molar-refractivity contribution is 0.627. The topological polar surface area (TPSA) is 48.8 Å². The summed E-state index contributed by atoms with van der Waals surface area (Å²) in [5.41, 5.74) is 6.06. The Kier molecular flexibility index (Phi) is 1.91. The Balaban J connectivity index is 2.25. The molecular weight excluding hydrogens is 171 g/mol. The third kappa shape index (κ3) is 1.64. The van der Waals surface area contributed by atoms with Gasteiger partial charge in [0, 0.05) is 5.56 Å². The minimum atomic E-state index is -0.267. The highest BCUT2D eigenvalue weighted by molar-refractivity contribution is 5.99. The van der Waals surface area contributed by atoms with Gasteiger partial charge in [-0.3, -0.25) is 10.9 Å². The molecule has 1 aromatic carbocycles. The fourth-order valence-electron chi connectivity index (χ4n) is 0.978. The molecule has 13 heavy (non-hydrogen) atoms. The first-order valence-electron chi connectivity index (χ1n) is 3.73. The number of hydrogen-bond acceptors (Lipinski definition) is 4. The number of benzene rings is 1. The van der Waals surface area contributed by atoms with Crippen molar-refractivity contribution < 1.29 is 4.39 Å². The second kappa shape index (κ2) is 3.22. The Bertz CT molecular complexity index is 355. The molecule has 0 atom stereocenters. The van der Waals surface area contributed by atoms with Gasteiger partial charge in [0.15, 0.2) is 5.84 Å². The number of amidine groups is 1. The molecule has 0 spiro atoms.